The van der Waals surface area contributed by atoms with Crippen LogP contribution in [0.3, 0.4) is 0 Å². The molecule has 4 aliphatic rings. The molecule has 1 spiro atoms. The first kappa shape index (κ1) is 22.7. The number of aromatic nitrogens is 3. The van der Waals surface area contributed by atoms with E-state index in [0.29, 0.717) is 50.9 Å². The second-order valence-electron chi connectivity index (χ2n) is 10.5. The molecule has 0 unspecified atom stereocenters. The van der Waals surface area contributed by atoms with Crippen LogP contribution in [-0.2, 0) is 23.1 Å². The summed E-state index contributed by atoms with van der Waals surface area (Å²) < 4.78 is 57.5. The van der Waals surface area contributed by atoms with E-state index in [1.165, 1.54) is 0 Å². The molecule has 1 aromatic heterocycles. The highest BCUT2D eigenvalue weighted by Gasteiger charge is 2.56. The lowest BCUT2D eigenvalue weighted by molar-refractivity contribution is -0.137. The van der Waals surface area contributed by atoms with E-state index in [2.05, 4.69) is 15.2 Å². The molecule has 0 bridgehead atoms. The standard InChI is InChI=1S/C23H25F4N5O3/c24-17-5-15(23(25,26)27)2-1-13(17)10-35-16-8-31(9-16)20(33)32-11-21(12-32)6-14(7-21)18-28-19(30-29-18)22(34)3-4-22/h1-2,5,14,16,34H,3-4,6-12H2,(H,28,29,30). The van der Waals surface area contributed by atoms with Crippen LogP contribution in [0.25, 0.3) is 0 Å². The van der Waals surface area contributed by atoms with Crippen LogP contribution >= 0.6 is 0 Å². The van der Waals surface area contributed by atoms with Gasteiger partial charge in [0.25, 0.3) is 0 Å². The molecule has 35 heavy (non-hydrogen) atoms. The van der Waals surface area contributed by atoms with E-state index in [1.54, 1.807) is 9.80 Å². The van der Waals surface area contributed by atoms with Crippen molar-refractivity contribution in [2.24, 2.45) is 5.41 Å². The van der Waals surface area contributed by atoms with E-state index in [9.17, 15) is 27.5 Å². The number of aliphatic hydroxyl groups is 1. The second-order valence-corrected chi connectivity index (χ2v) is 10.5. The lowest BCUT2D eigenvalue weighted by Gasteiger charge is -2.59. The monoisotopic (exact) mass is 495 g/mol. The van der Waals surface area contributed by atoms with Crippen LogP contribution in [0.1, 0.15) is 54.4 Å². The van der Waals surface area contributed by atoms with Crippen molar-refractivity contribution < 1.29 is 32.2 Å². The number of aromatic amines is 1. The second kappa shape index (κ2) is 7.63. The van der Waals surface area contributed by atoms with Crippen LogP contribution in [-0.4, -0.2) is 68.4 Å². The predicted octanol–water partition coefficient (Wildman–Crippen LogP) is 3.14. The number of ether oxygens (including phenoxy) is 1. The SMILES string of the molecule is O=C(N1CC(OCc2ccc(C(F)(F)F)cc2F)C1)N1CC2(CC(c3nc(C4(O)CC4)n[nH]3)C2)C1. The molecular weight excluding hydrogens is 470 g/mol. The van der Waals surface area contributed by atoms with Crippen molar-refractivity contribution in [3.63, 3.8) is 0 Å². The van der Waals surface area contributed by atoms with Crippen LogP contribution < -0.4 is 0 Å². The molecule has 0 atom stereocenters. The fraction of sp³-hybridized carbons (Fsp3) is 0.609. The zero-order chi connectivity index (χ0) is 24.6. The van der Waals surface area contributed by atoms with Gasteiger partial charge in [0.15, 0.2) is 5.82 Å². The van der Waals surface area contributed by atoms with Gasteiger partial charge in [0.2, 0.25) is 0 Å². The van der Waals surface area contributed by atoms with Gasteiger partial charge in [0, 0.05) is 30.0 Å². The lowest BCUT2D eigenvalue weighted by atomic mass is 9.57. The molecular formula is C23H25F4N5O3. The highest BCUT2D eigenvalue weighted by atomic mass is 19.4. The topological polar surface area (TPSA) is 94.6 Å². The van der Waals surface area contributed by atoms with Gasteiger partial charge in [0.1, 0.15) is 17.2 Å². The van der Waals surface area contributed by atoms with Crippen LogP contribution in [0, 0.1) is 11.2 Å². The van der Waals surface area contributed by atoms with Crippen molar-refractivity contribution in [2.45, 2.75) is 56.1 Å². The number of carbonyl (C=O) groups is 1. The molecule has 3 heterocycles. The summed E-state index contributed by atoms with van der Waals surface area (Å²) in [6, 6.07) is 2.33. The molecule has 188 valence electrons. The first-order chi connectivity index (χ1) is 16.5. The maximum Gasteiger partial charge on any atom is 0.416 e. The highest BCUT2D eigenvalue weighted by molar-refractivity contribution is 5.76. The van der Waals surface area contributed by atoms with Gasteiger partial charge in [0.05, 0.1) is 31.4 Å². The Hall–Kier alpha value is -2.73. The number of carbonyl (C=O) groups excluding carboxylic acids is 1. The molecule has 12 heteroatoms. The molecule has 4 fully saturated rings. The third-order valence-electron chi connectivity index (χ3n) is 7.68. The van der Waals surface area contributed by atoms with E-state index in [4.69, 9.17) is 4.74 Å². The Kier molecular flexibility index (Phi) is 4.95. The van der Waals surface area contributed by atoms with Crippen LogP contribution in [0.2, 0.25) is 0 Å². The number of alkyl halides is 3. The number of halogens is 4. The quantitative estimate of drug-likeness (QED) is 0.622. The number of likely N-dealkylation sites (tertiary alicyclic amines) is 2. The van der Waals surface area contributed by atoms with Gasteiger partial charge in [-0.25, -0.2) is 14.2 Å². The number of hydrogen-bond acceptors (Lipinski definition) is 5. The van der Waals surface area contributed by atoms with Crippen LogP contribution in [0.5, 0.6) is 0 Å². The number of benzene rings is 1. The Morgan fingerprint density at radius 3 is 2.54 bits per heavy atom. The highest BCUT2D eigenvalue weighted by Crippen LogP contribution is 2.56. The molecule has 2 saturated heterocycles. The summed E-state index contributed by atoms with van der Waals surface area (Å²) in [5.74, 6) is 0.599. The van der Waals surface area contributed by atoms with Gasteiger partial charge in [-0.2, -0.15) is 18.3 Å². The number of rotatable bonds is 5. The molecule has 6 rings (SSSR count). The summed E-state index contributed by atoms with van der Waals surface area (Å²) in [7, 11) is 0. The van der Waals surface area contributed by atoms with Crippen molar-refractivity contribution in [2.75, 3.05) is 26.2 Å². The molecule has 2 aromatic rings. The number of amides is 2. The summed E-state index contributed by atoms with van der Waals surface area (Å²) in [6.07, 6.45) is -1.62. The molecule has 2 aliphatic heterocycles. The summed E-state index contributed by atoms with van der Waals surface area (Å²) in [6.45, 7) is 1.97. The number of hydrogen-bond donors (Lipinski definition) is 2. The molecule has 2 N–H and O–H groups in total. The van der Waals surface area contributed by atoms with Gasteiger partial charge in [-0.1, -0.05) is 6.07 Å². The van der Waals surface area contributed by atoms with Crippen molar-refractivity contribution in [3.8, 4) is 0 Å². The van der Waals surface area contributed by atoms with Gasteiger partial charge in [-0.15, -0.1) is 0 Å². The van der Waals surface area contributed by atoms with Crippen LogP contribution in [0.4, 0.5) is 22.4 Å². The fourth-order valence-electron chi connectivity index (χ4n) is 5.29. The van der Waals surface area contributed by atoms with Crippen LogP contribution in [0.15, 0.2) is 18.2 Å². The normalized spacial score (nSPS) is 23.1. The fourth-order valence-corrected chi connectivity index (χ4v) is 5.29. The third-order valence-corrected chi connectivity index (χ3v) is 7.68. The molecule has 8 nitrogen and oxygen atoms in total. The first-order valence-corrected chi connectivity index (χ1v) is 11.7. The maximum absolute atomic E-state index is 13.9. The summed E-state index contributed by atoms with van der Waals surface area (Å²) in [4.78, 5) is 20.6. The largest absolute Gasteiger partial charge is 0.416 e. The van der Waals surface area contributed by atoms with E-state index >= 15 is 0 Å². The summed E-state index contributed by atoms with van der Waals surface area (Å²) in [5.41, 5.74) is -1.71. The average Bonchev–Trinajstić information content (AvgIpc) is 3.26. The summed E-state index contributed by atoms with van der Waals surface area (Å²) in [5, 5.41) is 17.2. The third kappa shape index (κ3) is 4.06. The first-order valence-electron chi connectivity index (χ1n) is 11.7. The minimum absolute atomic E-state index is 0.0529. The van der Waals surface area contributed by atoms with Gasteiger partial charge < -0.3 is 19.6 Å². The minimum atomic E-state index is -4.59. The smallest absolute Gasteiger partial charge is 0.382 e. The van der Waals surface area contributed by atoms with E-state index in [0.717, 1.165) is 30.8 Å². The molecule has 2 amide bonds. The summed E-state index contributed by atoms with van der Waals surface area (Å²) >= 11 is 0. The van der Waals surface area contributed by atoms with E-state index in [1.807, 2.05) is 0 Å². The molecule has 0 radical (unpaired) electrons. The van der Waals surface area contributed by atoms with Crippen molar-refractivity contribution in [1.29, 1.82) is 0 Å². The Bertz CT molecular complexity index is 1140. The predicted molar refractivity (Wildman–Crippen MR) is 112 cm³/mol. The Morgan fingerprint density at radius 1 is 1.20 bits per heavy atom. The van der Waals surface area contributed by atoms with Crippen molar-refractivity contribution in [1.82, 2.24) is 25.0 Å². The van der Waals surface area contributed by atoms with E-state index in [-0.39, 0.29) is 35.6 Å². The Balaban J connectivity index is 0.924. The minimum Gasteiger partial charge on any atom is -0.382 e. The lowest BCUT2D eigenvalue weighted by Crippen LogP contribution is -2.68. The zero-order valence-corrected chi connectivity index (χ0v) is 18.8. The zero-order valence-electron chi connectivity index (χ0n) is 18.8. The van der Waals surface area contributed by atoms with E-state index < -0.39 is 23.2 Å². The Labute approximate surface area is 198 Å². The van der Waals surface area contributed by atoms with Crippen molar-refractivity contribution >= 4 is 6.03 Å². The van der Waals surface area contributed by atoms with Gasteiger partial charge in [-0.05, 0) is 37.8 Å². The number of urea groups is 1. The number of H-pyrrole nitrogens is 1. The number of nitrogens with zero attached hydrogens (tertiary/aromatic N) is 4. The van der Waals surface area contributed by atoms with Crippen molar-refractivity contribution in [3.05, 3.63) is 46.8 Å². The molecule has 2 saturated carbocycles. The molecule has 1 aromatic carbocycles. The van der Waals surface area contributed by atoms with Gasteiger partial charge >= 0.3 is 12.2 Å². The number of nitrogens with one attached hydrogen (secondary N) is 1. The molecule has 2 aliphatic carbocycles. The van der Waals surface area contributed by atoms with Gasteiger partial charge in [-0.3, -0.25) is 5.10 Å². The average molecular weight is 495 g/mol. The Morgan fingerprint density at radius 2 is 1.91 bits per heavy atom. The maximum atomic E-state index is 13.9.